The molecule has 0 aliphatic heterocycles. The number of aliphatic hydroxyl groups excluding tert-OH is 1. The van der Waals surface area contributed by atoms with Crippen molar-refractivity contribution in [3.05, 3.63) is 59.9 Å². The highest BCUT2D eigenvalue weighted by Crippen LogP contribution is 2.19. The molecule has 0 bridgehead atoms. The van der Waals surface area contributed by atoms with E-state index in [1.807, 2.05) is 6.92 Å². The number of benzene rings is 2. The Balaban J connectivity index is 1.97. The summed E-state index contributed by atoms with van der Waals surface area (Å²) in [7, 11) is 0. The number of nitrogens with zero attached hydrogens (tertiary/aromatic N) is 1. The molecule has 2 aromatic carbocycles. The number of carbonyl (C=O) groups excluding carboxylic acids is 1. The Labute approximate surface area is 147 Å². The Morgan fingerprint density at radius 2 is 2.00 bits per heavy atom. The van der Waals surface area contributed by atoms with Crippen LogP contribution in [0.1, 0.15) is 18.9 Å². The highest BCUT2D eigenvalue weighted by Gasteiger charge is 2.12. The van der Waals surface area contributed by atoms with Gasteiger partial charge in [-0.05, 0) is 36.2 Å². The third kappa shape index (κ3) is 6.08. The number of rotatable bonds is 8. The number of anilines is 1. The monoisotopic (exact) mass is 346 g/mol. The van der Waals surface area contributed by atoms with Crippen LogP contribution in [0.3, 0.4) is 0 Å². The average molecular weight is 346 g/mol. The zero-order valence-electron chi connectivity index (χ0n) is 14.2. The maximum atomic E-state index is 13.2. The van der Waals surface area contributed by atoms with Gasteiger partial charge in [0.2, 0.25) is 0 Å². The zero-order chi connectivity index (χ0) is 18.1. The Kier molecular flexibility index (Phi) is 7.22. The number of halogens is 1. The van der Waals surface area contributed by atoms with Crippen LogP contribution >= 0.6 is 0 Å². The lowest BCUT2D eigenvalue weighted by Crippen LogP contribution is -2.37. The van der Waals surface area contributed by atoms with Gasteiger partial charge < -0.3 is 20.1 Å². The first-order chi connectivity index (χ1) is 12.1. The number of hydrogen-bond acceptors (Lipinski definition) is 3. The molecule has 0 heterocycles. The summed E-state index contributed by atoms with van der Waals surface area (Å²) in [5, 5.41) is 11.8. The van der Waals surface area contributed by atoms with Crippen molar-refractivity contribution in [2.75, 3.05) is 25.0 Å². The van der Waals surface area contributed by atoms with Crippen molar-refractivity contribution in [3.8, 4) is 5.75 Å². The van der Waals surface area contributed by atoms with E-state index >= 15 is 0 Å². The van der Waals surface area contributed by atoms with E-state index in [1.165, 1.54) is 12.1 Å². The predicted molar refractivity (Wildman–Crippen MR) is 95.1 cm³/mol. The Hall–Kier alpha value is -2.60. The molecular formula is C19H23FN2O3. The molecule has 6 heteroatoms. The van der Waals surface area contributed by atoms with Crippen LogP contribution in [0.2, 0.25) is 0 Å². The molecule has 0 aromatic heterocycles. The zero-order valence-corrected chi connectivity index (χ0v) is 14.2. The third-order valence-electron chi connectivity index (χ3n) is 3.53. The number of amides is 2. The molecule has 0 atom stereocenters. The van der Waals surface area contributed by atoms with Crippen molar-refractivity contribution in [3.63, 3.8) is 0 Å². The summed E-state index contributed by atoms with van der Waals surface area (Å²) in [4.78, 5) is 13.8. The van der Waals surface area contributed by atoms with E-state index in [0.29, 0.717) is 18.0 Å². The van der Waals surface area contributed by atoms with Crippen LogP contribution in [0.5, 0.6) is 5.75 Å². The molecule has 0 saturated heterocycles. The van der Waals surface area contributed by atoms with Gasteiger partial charge in [-0.25, -0.2) is 9.18 Å². The normalized spacial score (nSPS) is 10.4. The van der Waals surface area contributed by atoms with Gasteiger partial charge in [0, 0.05) is 24.8 Å². The van der Waals surface area contributed by atoms with E-state index in [2.05, 4.69) is 5.32 Å². The lowest BCUT2D eigenvalue weighted by atomic mass is 10.2. The molecule has 0 saturated carbocycles. The molecule has 0 spiro atoms. The number of hydrogen-bond donors (Lipinski definition) is 2. The van der Waals surface area contributed by atoms with Crippen LogP contribution in [0, 0.1) is 5.82 Å². The second-order valence-electron chi connectivity index (χ2n) is 5.59. The lowest BCUT2D eigenvalue weighted by molar-refractivity contribution is 0.188. The smallest absolute Gasteiger partial charge is 0.321 e. The third-order valence-corrected chi connectivity index (χ3v) is 3.53. The Morgan fingerprint density at radius 3 is 2.72 bits per heavy atom. The molecule has 2 amide bonds. The van der Waals surface area contributed by atoms with Crippen molar-refractivity contribution in [1.82, 2.24) is 4.90 Å². The van der Waals surface area contributed by atoms with Crippen molar-refractivity contribution >= 4 is 11.7 Å². The first kappa shape index (κ1) is 18.7. The number of ether oxygens (including phenoxy) is 1. The van der Waals surface area contributed by atoms with Gasteiger partial charge in [-0.15, -0.1) is 0 Å². The van der Waals surface area contributed by atoms with Gasteiger partial charge in [0.1, 0.15) is 18.2 Å². The van der Waals surface area contributed by atoms with Crippen LogP contribution < -0.4 is 10.1 Å². The molecule has 5 nitrogen and oxygen atoms in total. The highest BCUT2D eigenvalue weighted by molar-refractivity contribution is 5.89. The quantitative estimate of drug-likeness (QED) is 0.767. The second-order valence-corrected chi connectivity index (χ2v) is 5.59. The van der Waals surface area contributed by atoms with E-state index < -0.39 is 0 Å². The van der Waals surface area contributed by atoms with Crippen LogP contribution in [-0.4, -0.2) is 35.7 Å². The number of carbonyl (C=O) groups is 1. The summed E-state index contributed by atoms with van der Waals surface area (Å²) < 4.78 is 18.8. The molecule has 0 unspecified atom stereocenters. The SMILES string of the molecule is CCCN(CCO)C(=O)Nc1cccc(OCc2cccc(F)c2)c1. The molecular weight excluding hydrogens is 323 g/mol. The fourth-order valence-corrected chi connectivity index (χ4v) is 2.37. The van der Waals surface area contributed by atoms with Crippen LogP contribution in [0.25, 0.3) is 0 Å². The summed E-state index contributed by atoms with van der Waals surface area (Å²) in [6, 6.07) is 13.0. The Bertz CT molecular complexity index is 688. The van der Waals surface area contributed by atoms with Gasteiger partial charge in [-0.2, -0.15) is 0 Å². The molecule has 0 aliphatic carbocycles. The largest absolute Gasteiger partial charge is 0.489 e. The minimum Gasteiger partial charge on any atom is -0.489 e. The summed E-state index contributed by atoms with van der Waals surface area (Å²) in [5.74, 6) is 0.272. The minimum absolute atomic E-state index is 0.0792. The molecule has 2 N–H and O–H groups in total. The van der Waals surface area contributed by atoms with Crippen molar-refractivity contribution < 1.29 is 19.0 Å². The lowest BCUT2D eigenvalue weighted by Gasteiger charge is -2.21. The van der Waals surface area contributed by atoms with E-state index in [-0.39, 0.29) is 31.6 Å². The fourth-order valence-electron chi connectivity index (χ4n) is 2.37. The molecule has 2 rings (SSSR count). The van der Waals surface area contributed by atoms with Gasteiger partial charge in [0.05, 0.1) is 6.61 Å². The maximum Gasteiger partial charge on any atom is 0.321 e. The summed E-state index contributed by atoms with van der Waals surface area (Å²) in [6.07, 6.45) is 0.810. The van der Waals surface area contributed by atoms with E-state index in [4.69, 9.17) is 9.84 Å². The summed E-state index contributed by atoms with van der Waals surface area (Å²) in [6.45, 7) is 2.99. The first-order valence-electron chi connectivity index (χ1n) is 8.26. The van der Waals surface area contributed by atoms with Crippen molar-refractivity contribution in [2.24, 2.45) is 0 Å². The number of nitrogens with one attached hydrogen (secondary N) is 1. The van der Waals surface area contributed by atoms with Crippen molar-refractivity contribution in [1.29, 1.82) is 0 Å². The van der Waals surface area contributed by atoms with Gasteiger partial charge in [0.25, 0.3) is 0 Å². The molecule has 0 radical (unpaired) electrons. The average Bonchev–Trinajstić information content (AvgIpc) is 2.60. The van der Waals surface area contributed by atoms with E-state index in [1.54, 1.807) is 41.3 Å². The summed E-state index contributed by atoms with van der Waals surface area (Å²) in [5.41, 5.74) is 1.33. The van der Waals surface area contributed by atoms with Gasteiger partial charge >= 0.3 is 6.03 Å². The maximum absolute atomic E-state index is 13.2. The second kappa shape index (κ2) is 9.64. The summed E-state index contributed by atoms with van der Waals surface area (Å²) >= 11 is 0. The van der Waals surface area contributed by atoms with Gasteiger partial charge in [-0.1, -0.05) is 25.1 Å². The molecule has 0 aliphatic rings. The standard InChI is InChI=1S/C19H23FN2O3/c1-2-9-22(10-11-23)19(24)21-17-7-4-8-18(13-17)25-14-15-5-3-6-16(20)12-15/h3-8,12-13,23H,2,9-11,14H2,1H3,(H,21,24). The van der Waals surface area contributed by atoms with E-state index in [0.717, 1.165) is 12.0 Å². The highest BCUT2D eigenvalue weighted by atomic mass is 19.1. The van der Waals surface area contributed by atoms with Crippen LogP contribution in [0.15, 0.2) is 48.5 Å². The van der Waals surface area contributed by atoms with Gasteiger partial charge in [0.15, 0.2) is 0 Å². The molecule has 134 valence electrons. The van der Waals surface area contributed by atoms with Gasteiger partial charge in [-0.3, -0.25) is 0 Å². The topological polar surface area (TPSA) is 61.8 Å². The minimum atomic E-state index is -0.304. The van der Waals surface area contributed by atoms with Crippen molar-refractivity contribution in [2.45, 2.75) is 20.0 Å². The fraction of sp³-hybridized carbons (Fsp3) is 0.316. The molecule has 25 heavy (non-hydrogen) atoms. The predicted octanol–water partition coefficient (Wildman–Crippen LogP) is 3.64. The Morgan fingerprint density at radius 1 is 1.20 bits per heavy atom. The van der Waals surface area contributed by atoms with Crippen LogP contribution in [0.4, 0.5) is 14.9 Å². The first-order valence-corrected chi connectivity index (χ1v) is 8.26. The number of aliphatic hydroxyl groups is 1. The molecule has 2 aromatic rings. The number of urea groups is 1. The van der Waals surface area contributed by atoms with E-state index in [9.17, 15) is 9.18 Å². The molecule has 0 fully saturated rings. The van der Waals surface area contributed by atoms with Crippen LogP contribution in [-0.2, 0) is 6.61 Å².